The fraction of sp³-hybridized carbons (Fsp3) is 0.143. The number of aliphatic hydroxyl groups excluding tert-OH is 1. The van der Waals surface area contributed by atoms with Crippen molar-refractivity contribution >= 4 is 31.9 Å². The molecule has 0 amide bonds. The molecule has 0 fully saturated rings. The Balaban J connectivity index is 2.39. The van der Waals surface area contributed by atoms with Crippen LogP contribution in [0.5, 0.6) is 0 Å². The highest BCUT2D eigenvalue weighted by molar-refractivity contribution is 9.11. The molecule has 88 valence electrons. The summed E-state index contributed by atoms with van der Waals surface area (Å²) >= 11 is 6.85. The molecule has 1 atom stereocenters. The molecule has 0 aliphatic heterocycles. The molecule has 0 aliphatic carbocycles. The van der Waals surface area contributed by atoms with Crippen LogP contribution in [-0.4, -0.2) is 5.11 Å². The van der Waals surface area contributed by atoms with Crippen molar-refractivity contribution in [2.24, 2.45) is 0 Å². The van der Waals surface area contributed by atoms with E-state index in [-0.39, 0.29) is 0 Å². The largest absolute Gasteiger partial charge is 0.384 e. The maximum Gasteiger partial charge on any atom is 0.104 e. The van der Waals surface area contributed by atoms with Crippen LogP contribution in [0, 0.1) is 6.92 Å². The molecule has 1 unspecified atom stereocenters. The van der Waals surface area contributed by atoms with Crippen LogP contribution in [-0.2, 0) is 0 Å². The molecule has 17 heavy (non-hydrogen) atoms. The van der Waals surface area contributed by atoms with Gasteiger partial charge in [0.1, 0.15) is 6.10 Å². The zero-order valence-electron chi connectivity index (χ0n) is 9.32. The van der Waals surface area contributed by atoms with E-state index in [0.29, 0.717) is 0 Å². The Bertz CT molecular complexity index is 517. The molecular formula is C14H12Br2O. The summed E-state index contributed by atoms with van der Waals surface area (Å²) in [7, 11) is 0. The van der Waals surface area contributed by atoms with Crippen molar-refractivity contribution in [3.05, 3.63) is 68.1 Å². The van der Waals surface area contributed by atoms with Crippen LogP contribution < -0.4 is 0 Å². The number of hydrogen-bond acceptors (Lipinski definition) is 1. The summed E-state index contributed by atoms with van der Waals surface area (Å²) in [6, 6.07) is 13.7. The van der Waals surface area contributed by atoms with Crippen molar-refractivity contribution < 1.29 is 5.11 Å². The zero-order chi connectivity index (χ0) is 12.4. The molecular weight excluding hydrogens is 344 g/mol. The molecule has 1 N–H and O–H groups in total. The number of aryl methyl sites for hydroxylation is 1. The van der Waals surface area contributed by atoms with Crippen LogP contribution in [0.2, 0.25) is 0 Å². The van der Waals surface area contributed by atoms with Crippen LogP contribution in [0.15, 0.2) is 51.4 Å². The third-order valence-electron chi connectivity index (χ3n) is 2.56. The molecule has 3 heteroatoms. The van der Waals surface area contributed by atoms with E-state index in [1.165, 1.54) is 0 Å². The van der Waals surface area contributed by atoms with E-state index >= 15 is 0 Å². The van der Waals surface area contributed by atoms with E-state index in [0.717, 1.165) is 25.6 Å². The average Bonchev–Trinajstić information content (AvgIpc) is 2.26. The lowest BCUT2D eigenvalue weighted by Gasteiger charge is -2.13. The molecule has 0 aliphatic rings. The number of hydrogen-bond donors (Lipinski definition) is 1. The van der Waals surface area contributed by atoms with Gasteiger partial charge in [0.05, 0.1) is 0 Å². The Morgan fingerprint density at radius 2 is 1.59 bits per heavy atom. The number of halogens is 2. The van der Waals surface area contributed by atoms with E-state index in [2.05, 4.69) is 31.9 Å². The van der Waals surface area contributed by atoms with Gasteiger partial charge in [0.15, 0.2) is 0 Å². The van der Waals surface area contributed by atoms with Gasteiger partial charge in [-0.1, -0.05) is 61.7 Å². The minimum absolute atomic E-state index is 0.594. The van der Waals surface area contributed by atoms with Crippen LogP contribution >= 0.6 is 31.9 Å². The van der Waals surface area contributed by atoms with Crippen molar-refractivity contribution in [1.29, 1.82) is 0 Å². The summed E-state index contributed by atoms with van der Waals surface area (Å²) in [5.74, 6) is 0. The van der Waals surface area contributed by atoms with Gasteiger partial charge in [0, 0.05) is 8.95 Å². The van der Waals surface area contributed by atoms with Gasteiger partial charge in [-0.15, -0.1) is 0 Å². The number of benzene rings is 2. The first kappa shape index (κ1) is 12.8. The Morgan fingerprint density at radius 1 is 0.941 bits per heavy atom. The van der Waals surface area contributed by atoms with E-state index in [1.54, 1.807) is 0 Å². The second-order valence-electron chi connectivity index (χ2n) is 4.02. The lowest BCUT2D eigenvalue weighted by Crippen LogP contribution is -2.00. The van der Waals surface area contributed by atoms with Crippen molar-refractivity contribution in [2.75, 3.05) is 0 Å². The van der Waals surface area contributed by atoms with Crippen molar-refractivity contribution in [2.45, 2.75) is 13.0 Å². The van der Waals surface area contributed by atoms with E-state index < -0.39 is 6.10 Å². The van der Waals surface area contributed by atoms with Crippen LogP contribution in [0.3, 0.4) is 0 Å². The van der Waals surface area contributed by atoms with Crippen molar-refractivity contribution in [3.8, 4) is 0 Å². The van der Waals surface area contributed by atoms with Gasteiger partial charge in [-0.25, -0.2) is 0 Å². The fourth-order valence-corrected chi connectivity index (χ4v) is 3.09. The second-order valence-corrected chi connectivity index (χ2v) is 5.85. The van der Waals surface area contributed by atoms with E-state index in [4.69, 9.17) is 0 Å². The highest BCUT2D eigenvalue weighted by Gasteiger charge is 2.11. The maximum absolute atomic E-state index is 10.3. The Hall–Kier alpha value is -0.640. The summed E-state index contributed by atoms with van der Waals surface area (Å²) in [5.41, 5.74) is 2.93. The molecule has 2 aromatic rings. The minimum Gasteiger partial charge on any atom is -0.384 e. The first-order valence-corrected chi connectivity index (χ1v) is 6.85. The van der Waals surface area contributed by atoms with Gasteiger partial charge in [-0.2, -0.15) is 0 Å². The topological polar surface area (TPSA) is 20.2 Å². The molecule has 0 saturated heterocycles. The quantitative estimate of drug-likeness (QED) is 0.834. The van der Waals surface area contributed by atoms with Crippen LogP contribution in [0.25, 0.3) is 0 Å². The van der Waals surface area contributed by atoms with Crippen molar-refractivity contribution in [3.63, 3.8) is 0 Å². The Kier molecular flexibility index (Phi) is 4.02. The molecule has 0 aromatic heterocycles. The van der Waals surface area contributed by atoms with Gasteiger partial charge in [0.2, 0.25) is 0 Å². The molecule has 1 nitrogen and oxygen atoms in total. The lowest BCUT2D eigenvalue weighted by molar-refractivity contribution is 0.220. The highest BCUT2D eigenvalue weighted by Crippen LogP contribution is 2.28. The van der Waals surface area contributed by atoms with Crippen LogP contribution in [0.1, 0.15) is 22.8 Å². The first-order valence-electron chi connectivity index (χ1n) is 5.27. The standard InChI is InChI=1S/C14H12Br2O/c1-9-3-2-4-10(5-9)14(17)11-6-12(15)8-13(16)7-11/h2-8,14,17H,1H3. The predicted molar refractivity (Wildman–Crippen MR) is 77.1 cm³/mol. The second kappa shape index (κ2) is 5.34. The third kappa shape index (κ3) is 3.18. The molecule has 2 aromatic carbocycles. The van der Waals surface area contributed by atoms with Gasteiger partial charge >= 0.3 is 0 Å². The van der Waals surface area contributed by atoms with Gasteiger partial charge in [0.25, 0.3) is 0 Å². The summed E-state index contributed by atoms with van der Waals surface area (Å²) in [6.07, 6.45) is -0.594. The molecule has 2 rings (SSSR count). The summed E-state index contributed by atoms with van der Waals surface area (Å²) in [6.45, 7) is 2.02. The first-order chi connectivity index (χ1) is 8.06. The molecule has 0 radical (unpaired) electrons. The summed E-state index contributed by atoms with van der Waals surface area (Å²) in [4.78, 5) is 0. The summed E-state index contributed by atoms with van der Waals surface area (Å²) in [5, 5.41) is 10.3. The third-order valence-corrected chi connectivity index (χ3v) is 3.47. The number of rotatable bonds is 2. The lowest BCUT2D eigenvalue weighted by atomic mass is 10.0. The number of aliphatic hydroxyl groups is 1. The van der Waals surface area contributed by atoms with Gasteiger partial charge in [-0.05, 0) is 36.2 Å². The van der Waals surface area contributed by atoms with E-state index in [9.17, 15) is 5.11 Å². The normalized spacial score (nSPS) is 12.5. The summed E-state index contributed by atoms with van der Waals surface area (Å²) < 4.78 is 1.90. The average molecular weight is 356 g/mol. The SMILES string of the molecule is Cc1cccc(C(O)c2cc(Br)cc(Br)c2)c1. The molecule has 0 saturated carbocycles. The monoisotopic (exact) mass is 354 g/mol. The Morgan fingerprint density at radius 3 is 2.18 bits per heavy atom. The van der Waals surface area contributed by atoms with Crippen molar-refractivity contribution in [1.82, 2.24) is 0 Å². The van der Waals surface area contributed by atoms with Crippen LogP contribution in [0.4, 0.5) is 0 Å². The smallest absolute Gasteiger partial charge is 0.104 e. The molecule has 0 heterocycles. The molecule has 0 bridgehead atoms. The Labute approximate surface area is 118 Å². The van der Waals surface area contributed by atoms with E-state index in [1.807, 2.05) is 49.4 Å². The predicted octanol–water partition coefficient (Wildman–Crippen LogP) is 4.60. The zero-order valence-corrected chi connectivity index (χ0v) is 12.5. The fourth-order valence-electron chi connectivity index (χ4n) is 1.77. The van der Waals surface area contributed by atoms with Gasteiger partial charge in [-0.3, -0.25) is 0 Å². The highest BCUT2D eigenvalue weighted by atomic mass is 79.9. The maximum atomic E-state index is 10.3. The molecule has 0 spiro atoms. The van der Waals surface area contributed by atoms with Gasteiger partial charge < -0.3 is 5.11 Å². The minimum atomic E-state index is -0.594.